The SMILES string of the molecule is COCC(=O)N(C)C[C@H]1Oc2ncc(/C=C/c3ccccc3)cc2C(=O)N([C@H](C)CO)C[C@H]1C. The average Bonchev–Trinajstić information content (AvgIpc) is 2.85. The summed E-state index contributed by atoms with van der Waals surface area (Å²) in [5, 5.41) is 9.79. The largest absolute Gasteiger partial charge is 0.472 e. The average molecular weight is 468 g/mol. The Hall–Kier alpha value is -3.23. The zero-order valence-corrected chi connectivity index (χ0v) is 20.2. The molecule has 0 radical (unpaired) electrons. The zero-order chi connectivity index (χ0) is 24.7. The maximum atomic E-state index is 13.5. The van der Waals surface area contributed by atoms with Gasteiger partial charge in [0, 0.05) is 32.8 Å². The predicted octanol–water partition coefficient (Wildman–Crippen LogP) is 2.58. The number of carbonyl (C=O) groups excluding carboxylic acids is 2. The van der Waals surface area contributed by atoms with Crippen molar-refractivity contribution in [3.05, 3.63) is 59.3 Å². The number of aliphatic hydroxyl groups excluding tert-OH is 1. The summed E-state index contributed by atoms with van der Waals surface area (Å²) in [7, 11) is 3.17. The van der Waals surface area contributed by atoms with E-state index in [4.69, 9.17) is 9.47 Å². The Kier molecular flexibility index (Phi) is 8.79. The number of aromatic nitrogens is 1. The highest BCUT2D eigenvalue weighted by molar-refractivity contribution is 5.97. The molecule has 1 aliphatic rings. The molecule has 2 heterocycles. The molecule has 1 aromatic carbocycles. The fourth-order valence-corrected chi connectivity index (χ4v) is 3.79. The number of hydrogen-bond acceptors (Lipinski definition) is 6. The smallest absolute Gasteiger partial charge is 0.259 e. The normalized spacial score (nSPS) is 19.2. The Morgan fingerprint density at radius 1 is 1.32 bits per heavy atom. The van der Waals surface area contributed by atoms with E-state index in [0.29, 0.717) is 18.7 Å². The third-order valence-electron chi connectivity index (χ3n) is 5.96. The summed E-state index contributed by atoms with van der Waals surface area (Å²) in [6, 6.07) is 11.2. The minimum absolute atomic E-state index is 0.0182. The van der Waals surface area contributed by atoms with Gasteiger partial charge < -0.3 is 24.4 Å². The van der Waals surface area contributed by atoms with E-state index >= 15 is 0 Å². The van der Waals surface area contributed by atoms with Crippen molar-refractivity contribution in [1.82, 2.24) is 14.8 Å². The van der Waals surface area contributed by atoms with Crippen molar-refractivity contribution < 1.29 is 24.2 Å². The first-order valence-electron chi connectivity index (χ1n) is 11.4. The zero-order valence-electron chi connectivity index (χ0n) is 20.2. The molecule has 0 spiro atoms. The number of carbonyl (C=O) groups is 2. The first-order chi connectivity index (χ1) is 16.3. The number of ether oxygens (including phenoxy) is 2. The number of likely N-dealkylation sites (N-methyl/N-ethyl adjacent to an activating group) is 1. The van der Waals surface area contributed by atoms with Crippen molar-refractivity contribution in [1.29, 1.82) is 0 Å². The van der Waals surface area contributed by atoms with E-state index in [0.717, 1.165) is 11.1 Å². The summed E-state index contributed by atoms with van der Waals surface area (Å²) < 4.78 is 11.2. The lowest BCUT2D eigenvalue weighted by Crippen LogP contribution is -2.50. The van der Waals surface area contributed by atoms with E-state index < -0.39 is 6.10 Å². The molecule has 0 aliphatic carbocycles. The van der Waals surface area contributed by atoms with Crippen molar-refractivity contribution in [2.24, 2.45) is 5.92 Å². The molecule has 3 rings (SSSR count). The lowest BCUT2D eigenvalue weighted by Gasteiger charge is -2.37. The molecular weight excluding hydrogens is 434 g/mol. The van der Waals surface area contributed by atoms with E-state index in [2.05, 4.69) is 4.98 Å². The van der Waals surface area contributed by atoms with Gasteiger partial charge in [-0.1, -0.05) is 49.4 Å². The fourth-order valence-electron chi connectivity index (χ4n) is 3.79. The molecule has 0 unspecified atom stereocenters. The van der Waals surface area contributed by atoms with E-state index in [9.17, 15) is 14.7 Å². The van der Waals surface area contributed by atoms with E-state index in [1.54, 1.807) is 29.1 Å². The Bertz CT molecular complexity index is 1010. The molecule has 1 aromatic heterocycles. The number of methoxy groups -OCH3 is 1. The summed E-state index contributed by atoms with van der Waals surface area (Å²) >= 11 is 0. The highest BCUT2D eigenvalue weighted by atomic mass is 16.5. The Morgan fingerprint density at radius 3 is 2.71 bits per heavy atom. The number of aliphatic hydroxyl groups is 1. The standard InChI is InChI=1S/C26H33N3O5/c1-18-14-29(19(2)16-30)26(32)22-12-21(11-10-20-8-6-5-7-9-20)13-27-25(22)34-23(18)15-28(3)24(31)17-33-4/h5-13,18-19,23,30H,14-17H2,1-4H3/b11-10+/t18-,19-,23-/m1/s1. The number of pyridine rings is 1. The lowest BCUT2D eigenvalue weighted by atomic mass is 9.99. The van der Waals surface area contributed by atoms with Crippen LogP contribution in [0, 0.1) is 5.92 Å². The second kappa shape index (κ2) is 11.8. The van der Waals surface area contributed by atoms with Gasteiger partial charge in [0.1, 0.15) is 18.3 Å². The van der Waals surface area contributed by atoms with Gasteiger partial charge in [-0.25, -0.2) is 4.98 Å². The van der Waals surface area contributed by atoms with Crippen LogP contribution in [0.1, 0.15) is 35.3 Å². The molecule has 8 heteroatoms. The van der Waals surface area contributed by atoms with Crippen molar-refractivity contribution >= 4 is 24.0 Å². The van der Waals surface area contributed by atoms with Crippen LogP contribution in [0.15, 0.2) is 42.6 Å². The molecular formula is C26H33N3O5. The third kappa shape index (κ3) is 6.21. The van der Waals surface area contributed by atoms with Gasteiger partial charge in [0.05, 0.1) is 19.2 Å². The maximum absolute atomic E-state index is 13.5. The third-order valence-corrected chi connectivity index (χ3v) is 5.96. The molecule has 0 saturated heterocycles. The van der Waals surface area contributed by atoms with E-state index in [1.807, 2.05) is 56.3 Å². The topological polar surface area (TPSA) is 92.2 Å². The molecule has 34 heavy (non-hydrogen) atoms. The second-order valence-corrected chi connectivity index (χ2v) is 8.70. The first-order valence-corrected chi connectivity index (χ1v) is 11.4. The molecule has 0 fully saturated rings. The van der Waals surface area contributed by atoms with Crippen molar-refractivity contribution in [2.45, 2.75) is 26.0 Å². The van der Waals surface area contributed by atoms with Crippen LogP contribution >= 0.6 is 0 Å². The molecule has 1 N–H and O–H groups in total. The lowest BCUT2D eigenvalue weighted by molar-refractivity contribution is -0.135. The Labute approximate surface area is 200 Å². The van der Waals surface area contributed by atoms with Gasteiger partial charge in [-0.2, -0.15) is 0 Å². The number of amides is 2. The minimum Gasteiger partial charge on any atom is -0.472 e. The van der Waals surface area contributed by atoms with Crippen LogP contribution in [-0.2, 0) is 9.53 Å². The Balaban J connectivity index is 1.94. The number of hydrogen-bond donors (Lipinski definition) is 1. The van der Waals surface area contributed by atoms with Crippen molar-refractivity contribution in [3.8, 4) is 5.88 Å². The van der Waals surface area contributed by atoms with E-state index in [-0.39, 0.29) is 42.9 Å². The summed E-state index contributed by atoms with van der Waals surface area (Å²) in [6.45, 7) is 4.28. The van der Waals surface area contributed by atoms with Gasteiger partial charge in [-0.15, -0.1) is 0 Å². The Morgan fingerprint density at radius 2 is 2.03 bits per heavy atom. The van der Waals surface area contributed by atoms with Gasteiger partial charge in [0.15, 0.2) is 0 Å². The van der Waals surface area contributed by atoms with Crippen LogP contribution in [-0.4, -0.2) is 84.3 Å². The number of benzene rings is 1. The monoisotopic (exact) mass is 467 g/mol. The summed E-state index contributed by atoms with van der Waals surface area (Å²) in [6.07, 6.45) is 5.11. The van der Waals surface area contributed by atoms with Crippen molar-refractivity contribution in [2.75, 3.05) is 40.5 Å². The minimum atomic E-state index is -0.399. The van der Waals surface area contributed by atoms with E-state index in [1.165, 1.54) is 7.11 Å². The van der Waals surface area contributed by atoms with Crippen LogP contribution in [0.25, 0.3) is 12.2 Å². The van der Waals surface area contributed by atoms with Gasteiger partial charge >= 0.3 is 0 Å². The number of nitrogens with zero attached hydrogens (tertiary/aromatic N) is 3. The highest BCUT2D eigenvalue weighted by Gasteiger charge is 2.34. The molecule has 0 saturated carbocycles. The predicted molar refractivity (Wildman–Crippen MR) is 130 cm³/mol. The molecule has 2 aromatic rings. The summed E-state index contributed by atoms with van der Waals surface area (Å²) in [5.41, 5.74) is 2.12. The molecule has 1 aliphatic heterocycles. The number of rotatable bonds is 8. The summed E-state index contributed by atoms with van der Waals surface area (Å²) in [5.74, 6) is -0.288. The van der Waals surface area contributed by atoms with Crippen LogP contribution in [0.2, 0.25) is 0 Å². The van der Waals surface area contributed by atoms with Gasteiger partial charge in [0.25, 0.3) is 5.91 Å². The van der Waals surface area contributed by atoms with Gasteiger partial charge in [0.2, 0.25) is 11.8 Å². The first kappa shape index (κ1) is 25.4. The molecule has 8 nitrogen and oxygen atoms in total. The van der Waals surface area contributed by atoms with Crippen LogP contribution < -0.4 is 4.74 Å². The molecule has 3 atom stereocenters. The molecule has 182 valence electrons. The van der Waals surface area contributed by atoms with Gasteiger partial charge in [-0.3, -0.25) is 9.59 Å². The fraction of sp³-hybridized carbons (Fsp3) is 0.423. The molecule has 2 amide bonds. The highest BCUT2D eigenvalue weighted by Crippen LogP contribution is 2.28. The van der Waals surface area contributed by atoms with Crippen molar-refractivity contribution in [3.63, 3.8) is 0 Å². The quantitative estimate of drug-likeness (QED) is 0.642. The molecule has 0 bridgehead atoms. The number of fused-ring (bicyclic) bond motifs is 1. The maximum Gasteiger partial charge on any atom is 0.259 e. The van der Waals surface area contributed by atoms with Crippen LogP contribution in [0.5, 0.6) is 5.88 Å². The van der Waals surface area contributed by atoms with Crippen LogP contribution in [0.3, 0.4) is 0 Å². The van der Waals surface area contributed by atoms with Crippen LogP contribution in [0.4, 0.5) is 0 Å². The van der Waals surface area contributed by atoms with Gasteiger partial charge in [-0.05, 0) is 24.1 Å². The summed E-state index contributed by atoms with van der Waals surface area (Å²) in [4.78, 5) is 33.4. The second-order valence-electron chi connectivity index (χ2n) is 8.70.